The number of carboxylic acids is 1. The van der Waals surface area contributed by atoms with Crippen molar-refractivity contribution in [3.05, 3.63) is 65.9 Å². The predicted octanol–water partition coefficient (Wildman–Crippen LogP) is 0.952. The number of nitrogens with one attached hydrogen (secondary N) is 4. The fourth-order valence-corrected chi connectivity index (χ4v) is 4.62. The number of hydrogen-bond donors (Lipinski definition) is 8. The molecule has 0 radical (unpaired) electrons. The van der Waals surface area contributed by atoms with Crippen LogP contribution in [0.5, 0.6) is 5.75 Å². The van der Waals surface area contributed by atoms with Crippen molar-refractivity contribution in [2.45, 2.75) is 70.3 Å². The van der Waals surface area contributed by atoms with Crippen molar-refractivity contribution in [2.24, 2.45) is 11.7 Å². The van der Waals surface area contributed by atoms with Gasteiger partial charge in [0.1, 0.15) is 17.8 Å². The van der Waals surface area contributed by atoms with Gasteiger partial charge >= 0.3 is 5.97 Å². The van der Waals surface area contributed by atoms with E-state index in [1.165, 1.54) is 19.1 Å². The topological polar surface area (TPSA) is 207 Å². The van der Waals surface area contributed by atoms with Crippen molar-refractivity contribution in [2.75, 3.05) is 0 Å². The van der Waals surface area contributed by atoms with E-state index in [9.17, 15) is 34.5 Å². The lowest BCUT2D eigenvalue weighted by Crippen LogP contribution is -2.59. The highest BCUT2D eigenvalue weighted by atomic mass is 16.4. The first-order chi connectivity index (χ1) is 19.8. The van der Waals surface area contributed by atoms with Crippen molar-refractivity contribution in [3.63, 3.8) is 0 Å². The van der Waals surface area contributed by atoms with Crippen molar-refractivity contribution >= 4 is 34.6 Å². The number of phenolic OH excluding ortho intramolecular Hbond substituents is 1. The van der Waals surface area contributed by atoms with Crippen LogP contribution in [0.2, 0.25) is 0 Å². The Balaban J connectivity index is 1.91. The number of aromatic amines is 1. The number of aromatic nitrogens is 1. The van der Waals surface area contributed by atoms with E-state index in [2.05, 4.69) is 20.9 Å². The van der Waals surface area contributed by atoms with Gasteiger partial charge in [0, 0.05) is 29.9 Å². The Bertz CT molecular complexity index is 1390. The van der Waals surface area contributed by atoms with Gasteiger partial charge in [0.15, 0.2) is 6.04 Å². The normalized spacial score (nSPS) is 14.9. The third kappa shape index (κ3) is 8.79. The minimum Gasteiger partial charge on any atom is -0.508 e. The zero-order chi connectivity index (χ0) is 31.0. The molecule has 0 bridgehead atoms. The molecule has 226 valence electrons. The second kappa shape index (κ2) is 14.5. The number of carbonyl (C=O) groups is 4. The number of phenols is 1. The predicted molar refractivity (Wildman–Crippen MR) is 156 cm³/mol. The van der Waals surface area contributed by atoms with E-state index < -0.39 is 54.0 Å². The average Bonchev–Trinajstić information content (AvgIpc) is 3.33. The first kappa shape index (κ1) is 32.1. The molecule has 0 spiro atoms. The number of rotatable bonds is 14. The number of H-pyrrole nitrogens is 1. The molecule has 9 N–H and O–H groups in total. The Morgan fingerprint density at radius 2 is 1.45 bits per heavy atom. The van der Waals surface area contributed by atoms with E-state index in [-0.39, 0.29) is 24.5 Å². The molecule has 3 aromatic rings. The van der Waals surface area contributed by atoms with Crippen LogP contribution in [0.1, 0.15) is 38.3 Å². The molecule has 0 fully saturated rings. The Kier molecular flexibility index (Phi) is 11.1. The number of aromatic hydroxyl groups is 1. The zero-order valence-electron chi connectivity index (χ0n) is 23.8. The minimum absolute atomic E-state index is 0.00285. The lowest BCUT2D eigenvalue weighted by molar-refractivity contribution is -0.145. The van der Waals surface area contributed by atoms with Crippen molar-refractivity contribution in [1.29, 1.82) is 0 Å². The number of aliphatic carboxylic acids is 1. The highest BCUT2D eigenvalue weighted by Gasteiger charge is 2.32. The molecule has 1 heterocycles. The number of para-hydroxylation sites is 1. The molecule has 5 unspecified atom stereocenters. The summed E-state index contributed by atoms with van der Waals surface area (Å²) in [5.74, 6) is -3.37. The van der Waals surface area contributed by atoms with Gasteiger partial charge in [-0.25, -0.2) is 4.79 Å². The van der Waals surface area contributed by atoms with Gasteiger partial charge in [0.2, 0.25) is 17.7 Å². The second-order valence-electron chi connectivity index (χ2n) is 10.9. The molecule has 12 nitrogen and oxygen atoms in total. The number of fused-ring (bicyclic) bond motifs is 1. The summed E-state index contributed by atoms with van der Waals surface area (Å²) in [6.45, 7) is 5.07. The number of hydrogen-bond acceptors (Lipinski definition) is 7. The molecule has 3 rings (SSSR count). The molecule has 0 saturated heterocycles. The lowest BCUT2D eigenvalue weighted by atomic mass is 10.00. The first-order valence-corrected chi connectivity index (χ1v) is 13.8. The van der Waals surface area contributed by atoms with Crippen molar-refractivity contribution < 1.29 is 34.5 Å². The molecule has 1 aromatic heterocycles. The summed E-state index contributed by atoms with van der Waals surface area (Å²) in [4.78, 5) is 54.8. The van der Waals surface area contributed by atoms with Gasteiger partial charge in [0.05, 0.1) is 12.1 Å². The summed E-state index contributed by atoms with van der Waals surface area (Å²) in [5.41, 5.74) is 8.25. The van der Waals surface area contributed by atoms with Gasteiger partial charge in [-0.2, -0.15) is 0 Å². The third-order valence-electron chi connectivity index (χ3n) is 6.85. The maximum atomic E-state index is 13.7. The van der Waals surface area contributed by atoms with Crippen LogP contribution in [0.25, 0.3) is 10.9 Å². The SMILES string of the molecule is CC(C)CC(N)C(=O)NC(Cc1c[nH]c2ccccc12)C(=O)NC(Cc1ccc(O)cc1)C(=O)NC(C(=O)O)C(C)O. The van der Waals surface area contributed by atoms with E-state index in [1.54, 1.807) is 18.3 Å². The smallest absolute Gasteiger partial charge is 0.328 e. The van der Waals surface area contributed by atoms with E-state index in [1.807, 2.05) is 38.1 Å². The zero-order valence-corrected chi connectivity index (χ0v) is 23.8. The summed E-state index contributed by atoms with van der Waals surface area (Å²) in [7, 11) is 0. The Hall–Kier alpha value is -4.42. The summed E-state index contributed by atoms with van der Waals surface area (Å²) in [5, 5.41) is 37.5. The molecule has 0 aliphatic heterocycles. The van der Waals surface area contributed by atoms with E-state index >= 15 is 0 Å². The van der Waals surface area contributed by atoms with Gasteiger partial charge < -0.3 is 42.0 Å². The molecular weight excluding hydrogens is 542 g/mol. The van der Waals surface area contributed by atoms with Crippen LogP contribution in [0, 0.1) is 5.92 Å². The fourth-order valence-electron chi connectivity index (χ4n) is 4.62. The molecule has 5 atom stereocenters. The summed E-state index contributed by atoms with van der Waals surface area (Å²) in [6.07, 6.45) is 0.744. The highest BCUT2D eigenvalue weighted by molar-refractivity contribution is 5.95. The van der Waals surface area contributed by atoms with Gasteiger partial charge in [-0.3, -0.25) is 14.4 Å². The maximum Gasteiger partial charge on any atom is 0.328 e. The molecule has 0 aliphatic carbocycles. The molecule has 12 heteroatoms. The van der Waals surface area contributed by atoms with Gasteiger partial charge in [-0.1, -0.05) is 44.2 Å². The van der Waals surface area contributed by atoms with Crippen LogP contribution < -0.4 is 21.7 Å². The van der Waals surface area contributed by atoms with Gasteiger partial charge in [-0.15, -0.1) is 0 Å². The van der Waals surface area contributed by atoms with Crippen LogP contribution in [-0.4, -0.2) is 74.3 Å². The fraction of sp³-hybridized carbons (Fsp3) is 0.400. The molecule has 3 amide bonds. The number of amides is 3. The van der Waals surface area contributed by atoms with Gasteiger partial charge in [-0.05, 0) is 48.6 Å². The lowest BCUT2D eigenvalue weighted by Gasteiger charge is -2.26. The molecule has 0 saturated carbocycles. The summed E-state index contributed by atoms with van der Waals surface area (Å²) >= 11 is 0. The number of nitrogens with two attached hydrogens (primary N) is 1. The van der Waals surface area contributed by atoms with Crippen LogP contribution in [-0.2, 0) is 32.0 Å². The Morgan fingerprint density at radius 1 is 0.857 bits per heavy atom. The number of carboxylic acid groups (broad SMARTS) is 1. The van der Waals surface area contributed by atoms with E-state index in [0.717, 1.165) is 16.5 Å². The van der Waals surface area contributed by atoms with Crippen molar-refractivity contribution in [3.8, 4) is 5.75 Å². The van der Waals surface area contributed by atoms with E-state index in [0.29, 0.717) is 12.0 Å². The Morgan fingerprint density at radius 3 is 2.07 bits per heavy atom. The van der Waals surface area contributed by atoms with Crippen LogP contribution in [0.15, 0.2) is 54.7 Å². The third-order valence-corrected chi connectivity index (χ3v) is 6.85. The average molecular weight is 582 g/mol. The first-order valence-electron chi connectivity index (χ1n) is 13.8. The maximum absolute atomic E-state index is 13.7. The molecule has 2 aromatic carbocycles. The number of aliphatic hydroxyl groups excluding tert-OH is 1. The van der Waals surface area contributed by atoms with Gasteiger partial charge in [0.25, 0.3) is 0 Å². The minimum atomic E-state index is -1.62. The van der Waals surface area contributed by atoms with E-state index in [4.69, 9.17) is 5.73 Å². The standard InChI is InChI=1S/C30H39N5O7/c1-16(2)12-22(31)27(38)33-25(14-19-15-32-23-7-5-4-6-21(19)23)28(39)34-24(13-18-8-10-20(37)11-9-18)29(40)35-26(17(3)36)30(41)42/h4-11,15-17,22,24-26,32,36-37H,12-14,31H2,1-3H3,(H,33,38)(H,34,39)(H,35,40)(H,41,42). The molecule has 42 heavy (non-hydrogen) atoms. The summed E-state index contributed by atoms with van der Waals surface area (Å²) in [6, 6.07) is 8.53. The Labute approximate surface area is 243 Å². The quantitative estimate of drug-likeness (QED) is 0.137. The molecular formula is C30H39N5O7. The largest absolute Gasteiger partial charge is 0.508 e. The van der Waals surface area contributed by atoms with Crippen molar-refractivity contribution in [1.82, 2.24) is 20.9 Å². The number of benzene rings is 2. The monoisotopic (exact) mass is 581 g/mol. The van der Waals surface area contributed by atoms with Crippen LogP contribution in [0.3, 0.4) is 0 Å². The number of carbonyl (C=O) groups excluding carboxylic acids is 3. The molecule has 0 aliphatic rings. The highest BCUT2D eigenvalue weighted by Crippen LogP contribution is 2.20. The van der Waals surface area contributed by atoms with Crippen LogP contribution >= 0.6 is 0 Å². The van der Waals surface area contributed by atoms with Crippen LogP contribution in [0.4, 0.5) is 0 Å². The number of aliphatic hydroxyl groups is 1. The summed E-state index contributed by atoms with van der Waals surface area (Å²) < 4.78 is 0. The second-order valence-corrected chi connectivity index (χ2v) is 10.9.